The molecule has 4 aromatic rings. The number of rotatable bonds is 7. The molecule has 2 heterocycles. The topological polar surface area (TPSA) is 78.9 Å². The standard InChI is InChI=1S/C23H23F2N5O2/c1-14(2)17-7-5-16(6-8-17)13-30-15(3)26-21(28-30)22-27-20(29-32-22)18-9-11-19(12-10-18)31-23(4,24)25/h5-12,14H,13H2,1-4H3. The summed E-state index contributed by atoms with van der Waals surface area (Å²) in [6.07, 6.45) is -3.25. The van der Waals surface area contributed by atoms with Crippen molar-refractivity contribution in [2.45, 2.75) is 46.3 Å². The van der Waals surface area contributed by atoms with Crippen molar-refractivity contribution < 1.29 is 18.0 Å². The third-order valence-corrected chi connectivity index (χ3v) is 4.86. The summed E-state index contributed by atoms with van der Waals surface area (Å²) in [6.45, 7) is 7.43. The Bertz CT molecular complexity index is 1190. The summed E-state index contributed by atoms with van der Waals surface area (Å²) in [6, 6.07) is 14.4. The number of halogens is 2. The monoisotopic (exact) mass is 439 g/mol. The van der Waals surface area contributed by atoms with Gasteiger partial charge in [0.15, 0.2) is 0 Å². The number of hydrogen-bond acceptors (Lipinski definition) is 6. The SMILES string of the molecule is Cc1nc(-c2nc(-c3ccc(OC(C)(F)F)cc3)no2)nn1Cc1ccc(C(C)C)cc1. The van der Waals surface area contributed by atoms with E-state index in [0.717, 1.165) is 11.4 Å². The average molecular weight is 439 g/mol. The Labute approximate surface area is 184 Å². The summed E-state index contributed by atoms with van der Waals surface area (Å²) in [5.41, 5.74) is 2.99. The predicted molar refractivity (Wildman–Crippen MR) is 114 cm³/mol. The third-order valence-electron chi connectivity index (χ3n) is 4.86. The van der Waals surface area contributed by atoms with Gasteiger partial charge in [-0.15, -0.1) is 5.10 Å². The smallest absolute Gasteiger partial charge is 0.394 e. The Kier molecular flexibility index (Phi) is 5.73. The molecule has 7 nitrogen and oxygen atoms in total. The molecule has 32 heavy (non-hydrogen) atoms. The average Bonchev–Trinajstić information content (AvgIpc) is 3.35. The van der Waals surface area contributed by atoms with Crippen LogP contribution in [0.4, 0.5) is 8.78 Å². The first-order valence-corrected chi connectivity index (χ1v) is 10.2. The molecule has 0 N–H and O–H groups in total. The van der Waals surface area contributed by atoms with Gasteiger partial charge in [0.1, 0.15) is 11.6 Å². The first-order chi connectivity index (χ1) is 15.2. The maximum Gasteiger partial charge on any atom is 0.394 e. The Morgan fingerprint density at radius 3 is 2.31 bits per heavy atom. The van der Waals surface area contributed by atoms with E-state index in [9.17, 15) is 8.78 Å². The summed E-state index contributed by atoms with van der Waals surface area (Å²) in [5.74, 6) is 2.04. The van der Waals surface area contributed by atoms with Crippen LogP contribution in [0.2, 0.25) is 0 Å². The molecule has 9 heteroatoms. The van der Waals surface area contributed by atoms with Gasteiger partial charge in [-0.25, -0.2) is 9.67 Å². The van der Waals surface area contributed by atoms with Crippen LogP contribution in [-0.4, -0.2) is 31.0 Å². The van der Waals surface area contributed by atoms with Crippen molar-refractivity contribution >= 4 is 0 Å². The largest absolute Gasteiger partial charge is 0.433 e. The normalized spacial score (nSPS) is 11.8. The van der Waals surface area contributed by atoms with Gasteiger partial charge in [-0.1, -0.05) is 43.3 Å². The van der Waals surface area contributed by atoms with Gasteiger partial charge in [0, 0.05) is 12.5 Å². The highest BCUT2D eigenvalue weighted by Gasteiger charge is 2.23. The molecule has 0 aliphatic heterocycles. The van der Waals surface area contributed by atoms with E-state index < -0.39 is 6.11 Å². The molecule has 166 valence electrons. The molecule has 0 amide bonds. The molecule has 0 unspecified atom stereocenters. The molecule has 0 saturated heterocycles. The van der Waals surface area contributed by atoms with E-state index in [4.69, 9.17) is 4.52 Å². The fourth-order valence-electron chi connectivity index (χ4n) is 3.15. The van der Waals surface area contributed by atoms with Crippen LogP contribution in [0.1, 0.15) is 43.6 Å². The van der Waals surface area contributed by atoms with Crippen molar-refractivity contribution in [2.75, 3.05) is 0 Å². The molecule has 0 aliphatic carbocycles. The second kappa shape index (κ2) is 8.49. The maximum absolute atomic E-state index is 13.0. The van der Waals surface area contributed by atoms with Crippen molar-refractivity contribution in [3.05, 3.63) is 65.5 Å². The van der Waals surface area contributed by atoms with Gasteiger partial charge in [-0.05, 0) is 48.2 Å². The number of benzene rings is 2. The van der Waals surface area contributed by atoms with Crippen molar-refractivity contribution in [2.24, 2.45) is 0 Å². The molecule has 2 aromatic heterocycles. The first kappa shape index (κ1) is 21.6. The fourth-order valence-corrected chi connectivity index (χ4v) is 3.15. The molecule has 2 aromatic carbocycles. The van der Waals surface area contributed by atoms with Gasteiger partial charge < -0.3 is 9.26 Å². The predicted octanol–water partition coefficient (Wildman–Crippen LogP) is 5.47. The number of ether oxygens (including phenoxy) is 1. The molecule has 0 fully saturated rings. The molecule has 0 aliphatic rings. The summed E-state index contributed by atoms with van der Waals surface area (Å²) in [4.78, 5) is 8.78. The lowest BCUT2D eigenvalue weighted by Crippen LogP contribution is -2.18. The zero-order chi connectivity index (χ0) is 22.9. The molecular formula is C23H23F2N5O2. The molecule has 0 saturated carbocycles. The van der Waals surface area contributed by atoms with Crippen LogP contribution in [0.15, 0.2) is 53.1 Å². The van der Waals surface area contributed by atoms with Gasteiger partial charge in [0.25, 0.3) is 5.89 Å². The van der Waals surface area contributed by atoms with Crippen molar-refractivity contribution in [1.82, 2.24) is 24.9 Å². The summed E-state index contributed by atoms with van der Waals surface area (Å²) >= 11 is 0. The van der Waals surface area contributed by atoms with E-state index >= 15 is 0 Å². The quantitative estimate of drug-likeness (QED) is 0.380. The second-order valence-corrected chi connectivity index (χ2v) is 7.89. The van der Waals surface area contributed by atoms with Crippen LogP contribution >= 0.6 is 0 Å². The number of hydrogen-bond donors (Lipinski definition) is 0. The van der Waals surface area contributed by atoms with Gasteiger partial charge >= 0.3 is 6.11 Å². The highest BCUT2D eigenvalue weighted by molar-refractivity contribution is 5.57. The van der Waals surface area contributed by atoms with Crippen LogP contribution < -0.4 is 4.74 Å². The summed E-state index contributed by atoms with van der Waals surface area (Å²) in [7, 11) is 0. The lowest BCUT2D eigenvalue weighted by Gasteiger charge is -2.12. The van der Waals surface area contributed by atoms with Gasteiger partial charge in [0.05, 0.1) is 6.54 Å². The van der Waals surface area contributed by atoms with E-state index in [2.05, 4.69) is 63.1 Å². The first-order valence-electron chi connectivity index (χ1n) is 10.2. The lowest BCUT2D eigenvalue weighted by molar-refractivity contribution is -0.158. The molecule has 0 radical (unpaired) electrons. The number of aromatic nitrogens is 5. The van der Waals surface area contributed by atoms with Crippen molar-refractivity contribution in [1.29, 1.82) is 0 Å². The highest BCUT2D eigenvalue weighted by Crippen LogP contribution is 2.26. The Morgan fingerprint density at radius 2 is 1.69 bits per heavy atom. The Balaban J connectivity index is 1.50. The zero-order valence-corrected chi connectivity index (χ0v) is 18.2. The molecule has 0 bridgehead atoms. The minimum absolute atomic E-state index is 0.0439. The molecule has 0 spiro atoms. The molecule has 0 atom stereocenters. The Morgan fingerprint density at radius 1 is 1.00 bits per heavy atom. The highest BCUT2D eigenvalue weighted by atomic mass is 19.3. The van der Waals surface area contributed by atoms with E-state index in [-0.39, 0.29) is 11.6 Å². The van der Waals surface area contributed by atoms with Crippen molar-refractivity contribution in [3.8, 4) is 28.9 Å². The van der Waals surface area contributed by atoms with Crippen LogP contribution in [0.5, 0.6) is 5.75 Å². The fraction of sp³-hybridized carbons (Fsp3) is 0.304. The van der Waals surface area contributed by atoms with Crippen LogP contribution in [0.3, 0.4) is 0 Å². The zero-order valence-electron chi connectivity index (χ0n) is 18.2. The number of nitrogens with zero attached hydrogens (tertiary/aromatic N) is 5. The van der Waals surface area contributed by atoms with E-state index in [1.807, 2.05) is 6.92 Å². The Hall–Kier alpha value is -3.62. The summed E-state index contributed by atoms with van der Waals surface area (Å²) in [5, 5.41) is 8.45. The number of aryl methyl sites for hydroxylation is 1. The molecule has 4 rings (SSSR count). The van der Waals surface area contributed by atoms with Gasteiger partial charge in [-0.3, -0.25) is 0 Å². The van der Waals surface area contributed by atoms with Gasteiger partial charge in [-0.2, -0.15) is 13.8 Å². The van der Waals surface area contributed by atoms with E-state index in [1.54, 1.807) is 16.8 Å². The lowest BCUT2D eigenvalue weighted by atomic mass is 10.0. The number of alkyl halides is 2. The van der Waals surface area contributed by atoms with Crippen LogP contribution in [0.25, 0.3) is 23.1 Å². The second-order valence-electron chi connectivity index (χ2n) is 7.89. The van der Waals surface area contributed by atoms with Gasteiger partial charge in [0.2, 0.25) is 11.6 Å². The van der Waals surface area contributed by atoms with E-state index in [1.165, 1.54) is 17.7 Å². The third kappa shape index (κ3) is 4.99. The van der Waals surface area contributed by atoms with Crippen LogP contribution in [0, 0.1) is 6.92 Å². The van der Waals surface area contributed by atoms with Crippen LogP contribution in [-0.2, 0) is 6.54 Å². The summed E-state index contributed by atoms with van der Waals surface area (Å²) < 4.78 is 37.6. The minimum atomic E-state index is -3.25. The van der Waals surface area contributed by atoms with Crippen molar-refractivity contribution in [3.63, 3.8) is 0 Å². The molecular weight excluding hydrogens is 416 g/mol. The van der Waals surface area contributed by atoms with E-state index in [0.29, 0.717) is 36.6 Å². The minimum Gasteiger partial charge on any atom is -0.433 e. The maximum atomic E-state index is 13.0.